The molecule has 0 aromatic carbocycles. The van der Waals surface area contributed by atoms with E-state index in [1.54, 1.807) is 0 Å². The monoisotopic (exact) mass is 485 g/mol. The molecular weight excluding hydrogens is 452 g/mol. The SMILES string of the molecule is O=C(C1CCCN1c1nc2c(c(Nc3cc(C4CCCC4)[nH]n3)n1)CC(F)(F)C2)N1CCCCC1. The van der Waals surface area contributed by atoms with Gasteiger partial charge in [0.05, 0.1) is 12.1 Å². The van der Waals surface area contributed by atoms with Crippen LogP contribution < -0.4 is 10.2 Å². The van der Waals surface area contributed by atoms with Crippen LogP contribution in [0.15, 0.2) is 6.07 Å². The molecule has 35 heavy (non-hydrogen) atoms. The average Bonchev–Trinajstić information content (AvgIpc) is 3.64. The first-order valence-electron chi connectivity index (χ1n) is 13.1. The lowest BCUT2D eigenvalue weighted by molar-refractivity contribution is -0.133. The van der Waals surface area contributed by atoms with Crippen LogP contribution in [0.1, 0.15) is 80.7 Å². The van der Waals surface area contributed by atoms with Crippen molar-refractivity contribution in [3.63, 3.8) is 0 Å². The molecule has 2 N–H and O–H groups in total. The number of fused-ring (bicyclic) bond motifs is 1. The summed E-state index contributed by atoms with van der Waals surface area (Å²) in [5.41, 5.74) is 1.89. The van der Waals surface area contributed by atoms with Gasteiger partial charge in [-0.2, -0.15) is 10.1 Å². The first-order valence-corrected chi connectivity index (χ1v) is 13.1. The van der Waals surface area contributed by atoms with Gasteiger partial charge in [-0.3, -0.25) is 9.89 Å². The molecule has 4 heterocycles. The Hall–Kier alpha value is -2.78. The van der Waals surface area contributed by atoms with Gasteiger partial charge in [-0.25, -0.2) is 13.8 Å². The fourth-order valence-corrected chi connectivity index (χ4v) is 6.20. The third-order valence-electron chi connectivity index (χ3n) is 8.04. The van der Waals surface area contributed by atoms with Gasteiger partial charge in [0.15, 0.2) is 5.82 Å². The highest BCUT2D eigenvalue weighted by Gasteiger charge is 2.42. The molecule has 2 saturated heterocycles. The Morgan fingerprint density at radius 1 is 1.00 bits per heavy atom. The number of hydrogen-bond acceptors (Lipinski definition) is 6. The van der Waals surface area contributed by atoms with E-state index in [0.717, 1.165) is 63.7 Å². The lowest BCUT2D eigenvalue weighted by Crippen LogP contribution is -2.48. The van der Waals surface area contributed by atoms with Crippen molar-refractivity contribution < 1.29 is 13.6 Å². The van der Waals surface area contributed by atoms with Gasteiger partial charge in [0.25, 0.3) is 5.92 Å². The van der Waals surface area contributed by atoms with E-state index >= 15 is 0 Å². The summed E-state index contributed by atoms with van der Waals surface area (Å²) in [6, 6.07) is 1.63. The second kappa shape index (κ2) is 9.02. The zero-order valence-electron chi connectivity index (χ0n) is 20.0. The van der Waals surface area contributed by atoms with Gasteiger partial charge in [-0.1, -0.05) is 12.8 Å². The molecule has 10 heteroatoms. The van der Waals surface area contributed by atoms with E-state index in [4.69, 9.17) is 4.98 Å². The largest absolute Gasteiger partial charge is 0.341 e. The van der Waals surface area contributed by atoms with Gasteiger partial charge < -0.3 is 15.1 Å². The number of aromatic nitrogens is 4. The zero-order chi connectivity index (χ0) is 24.0. The van der Waals surface area contributed by atoms with Gasteiger partial charge in [0, 0.05) is 49.3 Å². The zero-order valence-corrected chi connectivity index (χ0v) is 20.0. The van der Waals surface area contributed by atoms with E-state index < -0.39 is 12.3 Å². The number of likely N-dealkylation sites (tertiary alicyclic amines) is 1. The van der Waals surface area contributed by atoms with E-state index in [9.17, 15) is 13.6 Å². The van der Waals surface area contributed by atoms with Crippen LogP contribution in [0, 0.1) is 0 Å². The molecule has 1 amide bonds. The van der Waals surface area contributed by atoms with Crippen molar-refractivity contribution >= 4 is 23.5 Å². The number of anilines is 3. The highest BCUT2D eigenvalue weighted by molar-refractivity contribution is 5.85. The molecule has 2 aliphatic heterocycles. The first kappa shape index (κ1) is 22.7. The van der Waals surface area contributed by atoms with Gasteiger partial charge >= 0.3 is 0 Å². The summed E-state index contributed by atoms with van der Waals surface area (Å²) in [5.74, 6) is -0.942. The van der Waals surface area contributed by atoms with Crippen molar-refractivity contribution in [2.45, 2.75) is 88.5 Å². The van der Waals surface area contributed by atoms with E-state index in [1.807, 2.05) is 15.9 Å². The number of carbonyl (C=O) groups excluding carboxylic acids is 1. The van der Waals surface area contributed by atoms with Gasteiger partial charge in [-0.15, -0.1) is 0 Å². The molecule has 1 atom stereocenters. The smallest absolute Gasteiger partial charge is 0.257 e. The molecule has 0 radical (unpaired) electrons. The van der Waals surface area contributed by atoms with Crippen LogP contribution in [0.2, 0.25) is 0 Å². The Labute approximate surface area is 203 Å². The van der Waals surface area contributed by atoms with E-state index in [2.05, 4.69) is 20.5 Å². The molecule has 1 saturated carbocycles. The van der Waals surface area contributed by atoms with Crippen LogP contribution in [0.5, 0.6) is 0 Å². The normalized spacial score (nSPS) is 24.2. The van der Waals surface area contributed by atoms with Crippen molar-refractivity contribution in [3.8, 4) is 0 Å². The van der Waals surface area contributed by atoms with Crippen molar-refractivity contribution in [3.05, 3.63) is 23.0 Å². The van der Waals surface area contributed by atoms with Crippen LogP contribution in [0.25, 0.3) is 0 Å². The minimum absolute atomic E-state index is 0.111. The van der Waals surface area contributed by atoms with Gasteiger partial charge in [0.1, 0.15) is 11.9 Å². The maximum Gasteiger partial charge on any atom is 0.257 e. The fourth-order valence-electron chi connectivity index (χ4n) is 6.20. The van der Waals surface area contributed by atoms with Crippen LogP contribution in [-0.4, -0.2) is 62.6 Å². The quantitative estimate of drug-likeness (QED) is 0.656. The number of amides is 1. The maximum absolute atomic E-state index is 14.4. The number of halogens is 2. The third-order valence-corrected chi connectivity index (χ3v) is 8.04. The molecule has 2 aromatic rings. The number of aromatic amines is 1. The number of piperidine rings is 1. The molecular formula is C25H33F2N7O. The predicted molar refractivity (Wildman–Crippen MR) is 128 cm³/mol. The highest BCUT2D eigenvalue weighted by Crippen LogP contribution is 2.40. The van der Waals surface area contributed by atoms with Crippen molar-refractivity contribution in [1.29, 1.82) is 0 Å². The lowest BCUT2D eigenvalue weighted by atomic mass is 10.0. The van der Waals surface area contributed by atoms with E-state index in [-0.39, 0.29) is 18.4 Å². The molecule has 1 unspecified atom stereocenters. The summed E-state index contributed by atoms with van der Waals surface area (Å²) < 4.78 is 28.9. The van der Waals surface area contributed by atoms with Gasteiger partial charge in [-0.05, 0) is 44.9 Å². The van der Waals surface area contributed by atoms with Crippen LogP contribution in [-0.2, 0) is 17.6 Å². The number of alkyl halides is 2. The standard InChI is InChI=1S/C25H33F2N7O/c26-25(27)14-17-19(15-25)28-24(34-12-6-9-20(34)23(35)33-10-4-1-5-11-33)30-22(17)29-21-13-18(31-32-21)16-7-2-3-8-16/h13,16,20H,1-12,14-15H2,(H2,28,29,30,31,32). The summed E-state index contributed by atoms with van der Waals surface area (Å²) in [7, 11) is 0. The number of rotatable bonds is 5. The number of H-pyrrole nitrogens is 1. The van der Waals surface area contributed by atoms with E-state index in [1.165, 1.54) is 12.8 Å². The summed E-state index contributed by atoms with van der Waals surface area (Å²) in [5, 5.41) is 10.7. The molecule has 3 fully saturated rings. The Morgan fingerprint density at radius 3 is 2.60 bits per heavy atom. The summed E-state index contributed by atoms with van der Waals surface area (Å²) in [4.78, 5) is 26.5. The van der Waals surface area contributed by atoms with Crippen molar-refractivity contribution in [2.75, 3.05) is 29.9 Å². The molecule has 2 aromatic heterocycles. The molecule has 188 valence electrons. The fraction of sp³-hybridized carbons (Fsp3) is 0.680. The number of nitrogens with zero attached hydrogens (tertiary/aromatic N) is 5. The Morgan fingerprint density at radius 2 is 1.80 bits per heavy atom. The summed E-state index contributed by atoms with van der Waals surface area (Å²) >= 11 is 0. The second-order valence-corrected chi connectivity index (χ2v) is 10.6. The summed E-state index contributed by atoms with van der Waals surface area (Å²) in [6.07, 6.45) is 8.74. The second-order valence-electron chi connectivity index (χ2n) is 10.6. The minimum atomic E-state index is -2.85. The molecule has 0 spiro atoms. The van der Waals surface area contributed by atoms with Crippen LogP contribution >= 0.6 is 0 Å². The average molecular weight is 486 g/mol. The Kier molecular flexibility index (Phi) is 5.84. The Balaban J connectivity index is 1.29. The minimum Gasteiger partial charge on any atom is -0.341 e. The number of nitrogens with one attached hydrogen (secondary N) is 2. The maximum atomic E-state index is 14.4. The molecule has 6 rings (SSSR count). The number of hydrogen-bond donors (Lipinski definition) is 2. The van der Waals surface area contributed by atoms with Crippen molar-refractivity contribution in [1.82, 2.24) is 25.1 Å². The molecule has 2 aliphatic carbocycles. The molecule has 8 nitrogen and oxygen atoms in total. The number of carbonyl (C=O) groups is 1. The van der Waals surface area contributed by atoms with Crippen molar-refractivity contribution in [2.24, 2.45) is 0 Å². The summed E-state index contributed by atoms with van der Waals surface area (Å²) in [6.45, 7) is 2.22. The van der Waals surface area contributed by atoms with Crippen LogP contribution in [0.4, 0.5) is 26.4 Å². The molecule has 4 aliphatic rings. The van der Waals surface area contributed by atoms with E-state index in [0.29, 0.717) is 41.3 Å². The highest BCUT2D eigenvalue weighted by atomic mass is 19.3. The van der Waals surface area contributed by atoms with Gasteiger partial charge in [0.2, 0.25) is 11.9 Å². The first-order chi connectivity index (χ1) is 17.0. The predicted octanol–water partition coefficient (Wildman–Crippen LogP) is 4.32. The molecule has 0 bridgehead atoms. The van der Waals surface area contributed by atoms with Crippen LogP contribution in [0.3, 0.4) is 0 Å². The lowest BCUT2D eigenvalue weighted by Gasteiger charge is -2.32. The Bertz CT molecular complexity index is 1090. The third kappa shape index (κ3) is 4.47. The topological polar surface area (TPSA) is 90.0 Å².